The van der Waals surface area contributed by atoms with E-state index in [1.54, 1.807) is 13.3 Å². The molecule has 7 nitrogen and oxygen atoms in total. The molecule has 1 aliphatic rings. The van der Waals surface area contributed by atoms with E-state index >= 15 is 0 Å². The minimum Gasteiger partial charge on any atom is -0.461 e. The molecule has 0 aromatic carbocycles. The predicted octanol–water partition coefficient (Wildman–Crippen LogP) is 3.32. The zero-order chi connectivity index (χ0) is 16.8. The van der Waals surface area contributed by atoms with Gasteiger partial charge in [0, 0.05) is 13.1 Å². The minimum atomic E-state index is 0. The van der Waals surface area contributed by atoms with Crippen LogP contribution in [0.3, 0.4) is 0 Å². The molecule has 138 valence electrons. The Balaban J connectivity index is 0.00000225. The smallest absolute Gasteiger partial charge is 0.216 e. The van der Waals surface area contributed by atoms with E-state index < -0.39 is 0 Å². The van der Waals surface area contributed by atoms with Gasteiger partial charge in [-0.05, 0) is 30.9 Å². The number of aromatic amines is 1. The summed E-state index contributed by atoms with van der Waals surface area (Å²) in [6.07, 6.45) is 7.96. The number of nitrogens with one attached hydrogen (secondary N) is 3. The maximum atomic E-state index is 5.30. The summed E-state index contributed by atoms with van der Waals surface area (Å²) in [5.74, 6) is 3.62. The molecule has 0 bridgehead atoms. The molecule has 25 heavy (non-hydrogen) atoms. The molecule has 1 fully saturated rings. The Kier molecular flexibility index (Phi) is 7.73. The lowest BCUT2D eigenvalue weighted by Crippen LogP contribution is -2.45. The van der Waals surface area contributed by atoms with Crippen LogP contribution in [0.2, 0.25) is 0 Å². The third kappa shape index (κ3) is 5.45. The SMILES string of the molecule is CCC1CCCC(NC(=NC)NCc2nc(-c3ccco3)n[nH]2)C1.I. The highest BCUT2D eigenvalue weighted by atomic mass is 127. The van der Waals surface area contributed by atoms with Gasteiger partial charge in [0.05, 0.1) is 12.8 Å². The van der Waals surface area contributed by atoms with E-state index in [1.165, 1.54) is 32.1 Å². The molecule has 0 aliphatic heterocycles. The van der Waals surface area contributed by atoms with Crippen LogP contribution in [0.25, 0.3) is 11.6 Å². The van der Waals surface area contributed by atoms with Crippen molar-refractivity contribution in [2.45, 2.75) is 51.6 Å². The second-order valence-electron chi connectivity index (χ2n) is 6.29. The summed E-state index contributed by atoms with van der Waals surface area (Å²) in [5.41, 5.74) is 0. The molecule has 3 N–H and O–H groups in total. The molecule has 0 amide bonds. The Labute approximate surface area is 165 Å². The fourth-order valence-electron chi connectivity index (χ4n) is 3.24. The summed E-state index contributed by atoms with van der Waals surface area (Å²) in [6, 6.07) is 4.17. The number of hydrogen-bond acceptors (Lipinski definition) is 4. The van der Waals surface area contributed by atoms with Crippen LogP contribution in [0.5, 0.6) is 0 Å². The van der Waals surface area contributed by atoms with Crippen molar-refractivity contribution in [1.29, 1.82) is 0 Å². The molecular formula is C17H27IN6O. The van der Waals surface area contributed by atoms with Crippen molar-refractivity contribution in [2.75, 3.05) is 7.05 Å². The second-order valence-corrected chi connectivity index (χ2v) is 6.29. The van der Waals surface area contributed by atoms with Crippen molar-refractivity contribution in [3.8, 4) is 11.6 Å². The van der Waals surface area contributed by atoms with E-state index in [4.69, 9.17) is 4.42 Å². The lowest BCUT2D eigenvalue weighted by atomic mass is 9.84. The average Bonchev–Trinajstić information content (AvgIpc) is 3.30. The monoisotopic (exact) mass is 458 g/mol. The van der Waals surface area contributed by atoms with E-state index in [9.17, 15) is 0 Å². The summed E-state index contributed by atoms with van der Waals surface area (Å²) in [4.78, 5) is 8.74. The summed E-state index contributed by atoms with van der Waals surface area (Å²) < 4.78 is 5.30. The molecule has 2 atom stereocenters. The molecule has 2 unspecified atom stereocenters. The molecular weight excluding hydrogens is 431 g/mol. The topological polar surface area (TPSA) is 91.1 Å². The van der Waals surface area contributed by atoms with Gasteiger partial charge in [-0.15, -0.1) is 29.1 Å². The van der Waals surface area contributed by atoms with Crippen LogP contribution >= 0.6 is 24.0 Å². The molecule has 3 rings (SSSR count). The number of guanidine groups is 1. The van der Waals surface area contributed by atoms with Gasteiger partial charge >= 0.3 is 0 Å². The van der Waals surface area contributed by atoms with Crippen LogP contribution in [0.4, 0.5) is 0 Å². The van der Waals surface area contributed by atoms with Crippen LogP contribution in [-0.4, -0.2) is 34.2 Å². The zero-order valence-corrected chi connectivity index (χ0v) is 17.1. The first-order valence-corrected chi connectivity index (χ1v) is 8.70. The van der Waals surface area contributed by atoms with Gasteiger partial charge in [-0.1, -0.05) is 26.2 Å². The van der Waals surface area contributed by atoms with Crippen LogP contribution in [-0.2, 0) is 6.54 Å². The van der Waals surface area contributed by atoms with Gasteiger partial charge < -0.3 is 15.1 Å². The second kappa shape index (κ2) is 9.79. The summed E-state index contributed by atoms with van der Waals surface area (Å²) in [7, 11) is 1.80. The lowest BCUT2D eigenvalue weighted by molar-refractivity contribution is 0.298. The van der Waals surface area contributed by atoms with Crippen LogP contribution < -0.4 is 10.6 Å². The Morgan fingerprint density at radius 1 is 1.44 bits per heavy atom. The third-order valence-electron chi connectivity index (χ3n) is 4.62. The van der Waals surface area contributed by atoms with Crippen LogP contribution in [0.15, 0.2) is 27.8 Å². The van der Waals surface area contributed by atoms with Gasteiger partial charge in [-0.2, -0.15) is 0 Å². The van der Waals surface area contributed by atoms with Gasteiger partial charge in [-0.3, -0.25) is 10.1 Å². The predicted molar refractivity (Wildman–Crippen MR) is 109 cm³/mol. The molecule has 1 saturated carbocycles. The average molecular weight is 458 g/mol. The standard InChI is InChI=1S/C17H26N6O.HI/c1-3-12-6-4-7-13(10-12)20-17(18-2)19-11-15-21-16(23-22-15)14-8-5-9-24-14;/h5,8-9,12-13H,3-4,6-7,10-11H2,1-2H3,(H2,18,19,20)(H,21,22,23);1H. The fourth-order valence-corrected chi connectivity index (χ4v) is 3.24. The number of rotatable bonds is 5. The third-order valence-corrected chi connectivity index (χ3v) is 4.62. The van der Waals surface area contributed by atoms with Gasteiger partial charge in [-0.25, -0.2) is 4.98 Å². The molecule has 2 aromatic rings. The molecule has 0 radical (unpaired) electrons. The van der Waals surface area contributed by atoms with Crippen molar-refractivity contribution in [3.63, 3.8) is 0 Å². The Bertz CT molecular complexity index is 654. The zero-order valence-electron chi connectivity index (χ0n) is 14.8. The number of furan rings is 1. The molecule has 1 aliphatic carbocycles. The Morgan fingerprint density at radius 2 is 2.32 bits per heavy atom. The Hall–Kier alpha value is -1.58. The van der Waals surface area contributed by atoms with Crippen molar-refractivity contribution < 1.29 is 4.42 Å². The van der Waals surface area contributed by atoms with Crippen LogP contribution in [0.1, 0.15) is 44.9 Å². The summed E-state index contributed by atoms with van der Waals surface area (Å²) in [6.45, 7) is 2.82. The van der Waals surface area contributed by atoms with E-state index in [-0.39, 0.29) is 24.0 Å². The molecule has 8 heteroatoms. The number of hydrogen-bond donors (Lipinski definition) is 3. The number of nitrogens with zero attached hydrogens (tertiary/aromatic N) is 3. The maximum absolute atomic E-state index is 5.30. The highest BCUT2D eigenvalue weighted by Crippen LogP contribution is 2.26. The van der Waals surface area contributed by atoms with Gasteiger partial charge in [0.1, 0.15) is 5.82 Å². The van der Waals surface area contributed by atoms with Crippen molar-refractivity contribution in [1.82, 2.24) is 25.8 Å². The lowest BCUT2D eigenvalue weighted by Gasteiger charge is -2.30. The van der Waals surface area contributed by atoms with E-state index in [0.717, 1.165) is 17.7 Å². The number of H-pyrrole nitrogens is 1. The highest BCUT2D eigenvalue weighted by molar-refractivity contribution is 14.0. The van der Waals surface area contributed by atoms with Crippen molar-refractivity contribution >= 4 is 29.9 Å². The summed E-state index contributed by atoms with van der Waals surface area (Å²) >= 11 is 0. The van der Waals surface area contributed by atoms with Gasteiger partial charge in [0.15, 0.2) is 11.7 Å². The van der Waals surface area contributed by atoms with Gasteiger partial charge in [0.2, 0.25) is 5.82 Å². The Morgan fingerprint density at radius 3 is 3.04 bits per heavy atom. The first kappa shape index (κ1) is 19.7. The first-order chi connectivity index (χ1) is 11.8. The van der Waals surface area contributed by atoms with Crippen LogP contribution in [0, 0.1) is 5.92 Å². The number of aromatic nitrogens is 3. The van der Waals surface area contributed by atoms with E-state index in [1.807, 2.05) is 12.1 Å². The minimum absolute atomic E-state index is 0. The highest BCUT2D eigenvalue weighted by Gasteiger charge is 2.21. The number of halogens is 1. The fraction of sp³-hybridized carbons (Fsp3) is 0.588. The van der Waals surface area contributed by atoms with E-state index in [0.29, 0.717) is 24.2 Å². The largest absolute Gasteiger partial charge is 0.461 e. The normalized spacial score (nSPS) is 20.8. The van der Waals surface area contributed by atoms with Crippen molar-refractivity contribution in [2.24, 2.45) is 10.9 Å². The maximum Gasteiger partial charge on any atom is 0.216 e. The molecule has 2 heterocycles. The van der Waals surface area contributed by atoms with Gasteiger partial charge in [0.25, 0.3) is 0 Å². The molecule has 0 saturated heterocycles. The quantitative estimate of drug-likeness (QED) is 0.363. The summed E-state index contributed by atoms with van der Waals surface area (Å²) in [5, 5.41) is 13.9. The van der Waals surface area contributed by atoms with E-state index in [2.05, 4.69) is 37.7 Å². The first-order valence-electron chi connectivity index (χ1n) is 8.70. The molecule has 0 spiro atoms. The molecule has 2 aromatic heterocycles. The number of aliphatic imine (C=N–C) groups is 1. The van der Waals surface area contributed by atoms with Crippen molar-refractivity contribution in [3.05, 3.63) is 24.2 Å².